The van der Waals surface area contributed by atoms with Gasteiger partial charge in [-0.05, 0) is 22.0 Å². The zero-order valence-corrected chi connectivity index (χ0v) is 10.5. The van der Waals surface area contributed by atoms with Crippen LogP contribution in [0.3, 0.4) is 0 Å². The van der Waals surface area contributed by atoms with Crippen LogP contribution in [0, 0.1) is 11.6 Å². The molecule has 1 saturated heterocycles. The van der Waals surface area contributed by atoms with Crippen LogP contribution >= 0.6 is 15.9 Å². The Labute approximate surface area is 112 Å². The number of anilines is 1. The fourth-order valence-electron chi connectivity index (χ4n) is 1.46. The van der Waals surface area contributed by atoms with Crippen LogP contribution in [0.25, 0.3) is 0 Å². The Hall–Kier alpha value is -1.90. The Bertz CT molecular complexity index is 608. The minimum Gasteiger partial charge on any atom is -0.274 e. The first-order valence-corrected chi connectivity index (χ1v) is 5.59. The lowest BCUT2D eigenvalue weighted by Crippen LogP contribution is -2.59. The average Bonchev–Trinajstić information content (AvgIpc) is 2.33. The second-order valence-corrected chi connectivity index (χ2v) is 4.40. The molecule has 2 rings (SSSR count). The number of nitrogens with zero attached hydrogens (tertiary/aromatic N) is 1. The number of alkyl halides is 1. The lowest BCUT2D eigenvalue weighted by molar-refractivity contribution is -0.135. The third-order valence-electron chi connectivity index (χ3n) is 2.33. The zero-order valence-electron chi connectivity index (χ0n) is 8.92. The molecule has 1 fully saturated rings. The van der Waals surface area contributed by atoms with E-state index in [1.165, 1.54) is 0 Å². The standard InChI is InChI=1S/C10H4BrF3N2O3/c11-3-1-6(5(13)2-4(3)12)16-9(18)7(14)8(17)15-10(16)19/h1-2,7H,(H,15,17,19). The number of urea groups is 1. The minimum atomic E-state index is -2.62. The summed E-state index contributed by atoms with van der Waals surface area (Å²) in [7, 11) is 0. The molecule has 1 aliphatic heterocycles. The molecule has 0 aliphatic carbocycles. The summed E-state index contributed by atoms with van der Waals surface area (Å²) >= 11 is 2.74. The lowest BCUT2D eigenvalue weighted by Gasteiger charge is -2.27. The molecule has 1 aliphatic rings. The van der Waals surface area contributed by atoms with E-state index < -0.39 is 41.3 Å². The van der Waals surface area contributed by atoms with Crippen LogP contribution in [0.4, 0.5) is 23.7 Å². The monoisotopic (exact) mass is 336 g/mol. The molecule has 0 aromatic heterocycles. The number of nitrogens with one attached hydrogen (secondary N) is 1. The third kappa shape index (κ3) is 2.21. The summed E-state index contributed by atoms with van der Waals surface area (Å²) in [5.74, 6) is -5.16. The Morgan fingerprint density at radius 3 is 2.42 bits per heavy atom. The quantitative estimate of drug-likeness (QED) is 0.626. The van der Waals surface area contributed by atoms with Crippen molar-refractivity contribution in [1.29, 1.82) is 0 Å². The van der Waals surface area contributed by atoms with Gasteiger partial charge in [0, 0.05) is 6.07 Å². The second-order valence-electron chi connectivity index (χ2n) is 3.55. The van der Waals surface area contributed by atoms with Gasteiger partial charge >= 0.3 is 6.03 Å². The van der Waals surface area contributed by atoms with Crippen molar-refractivity contribution in [3.05, 3.63) is 28.2 Å². The van der Waals surface area contributed by atoms with Crippen LogP contribution < -0.4 is 10.2 Å². The van der Waals surface area contributed by atoms with Crippen molar-refractivity contribution in [2.75, 3.05) is 4.90 Å². The number of carbonyl (C=O) groups is 3. The average molecular weight is 337 g/mol. The maximum absolute atomic E-state index is 13.5. The summed E-state index contributed by atoms with van der Waals surface area (Å²) in [6, 6.07) is -0.0878. The minimum absolute atomic E-state index is 0.103. The number of hydrogen-bond donors (Lipinski definition) is 1. The first-order valence-electron chi connectivity index (χ1n) is 4.80. The molecule has 4 amide bonds. The molecule has 1 aromatic rings. The van der Waals surface area contributed by atoms with Gasteiger partial charge in [0.15, 0.2) is 0 Å². The van der Waals surface area contributed by atoms with E-state index >= 15 is 0 Å². The molecular formula is C10H4BrF3N2O3. The van der Waals surface area contributed by atoms with Crippen molar-refractivity contribution in [1.82, 2.24) is 5.32 Å². The first kappa shape index (κ1) is 13.5. The number of imide groups is 2. The first-order chi connectivity index (χ1) is 8.82. The third-order valence-corrected chi connectivity index (χ3v) is 2.94. The van der Waals surface area contributed by atoms with Crippen molar-refractivity contribution < 1.29 is 27.6 Å². The van der Waals surface area contributed by atoms with Gasteiger partial charge in [-0.25, -0.2) is 22.9 Å². The summed E-state index contributed by atoms with van der Waals surface area (Å²) in [5, 5.41) is 1.55. The van der Waals surface area contributed by atoms with Crippen LogP contribution in [-0.2, 0) is 9.59 Å². The summed E-state index contributed by atoms with van der Waals surface area (Å²) < 4.78 is 39.6. The van der Waals surface area contributed by atoms with E-state index in [0.717, 1.165) is 6.07 Å². The summed E-state index contributed by atoms with van der Waals surface area (Å²) in [6.07, 6.45) is -2.62. The number of hydrogen-bond acceptors (Lipinski definition) is 3. The van der Waals surface area contributed by atoms with Gasteiger partial charge in [0.25, 0.3) is 18.0 Å². The van der Waals surface area contributed by atoms with Crippen molar-refractivity contribution in [2.45, 2.75) is 6.17 Å². The van der Waals surface area contributed by atoms with E-state index in [0.29, 0.717) is 6.07 Å². The van der Waals surface area contributed by atoms with E-state index in [4.69, 9.17) is 0 Å². The predicted molar refractivity (Wildman–Crippen MR) is 60.0 cm³/mol. The van der Waals surface area contributed by atoms with Crippen LogP contribution in [0.15, 0.2) is 16.6 Å². The van der Waals surface area contributed by atoms with Gasteiger partial charge in [0.05, 0.1) is 10.2 Å². The number of rotatable bonds is 1. The van der Waals surface area contributed by atoms with Gasteiger partial charge in [0.1, 0.15) is 11.6 Å². The summed E-state index contributed by atoms with van der Waals surface area (Å²) in [5.41, 5.74) is -0.661. The second kappa shape index (κ2) is 4.65. The smallest absolute Gasteiger partial charge is 0.274 e. The van der Waals surface area contributed by atoms with Crippen molar-refractivity contribution in [3.63, 3.8) is 0 Å². The van der Waals surface area contributed by atoms with E-state index in [-0.39, 0.29) is 9.37 Å². The molecule has 0 radical (unpaired) electrons. The highest BCUT2D eigenvalue weighted by Gasteiger charge is 2.42. The van der Waals surface area contributed by atoms with Gasteiger partial charge < -0.3 is 0 Å². The highest BCUT2D eigenvalue weighted by atomic mass is 79.9. The molecule has 19 heavy (non-hydrogen) atoms. The molecular weight excluding hydrogens is 333 g/mol. The van der Waals surface area contributed by atoms with Gasteiger partial charge in [-0.2, -0.15) is 0 Å². The van der Waals surface area contributed by atoms with Crippen LogP contribution in [0.2, 0.25) is 0 Å². The molecule has 1 heterocycles. The van der Waals surface area contributed by atoms with Gasteiger partial charge in [-0.15, -0.1) is 0 Å². The molecule has 100 valence electrons. The Morgan fingerprint density at radius 1 is 1.16 bits per heavy atom. The highest BCUT2D eigenvalue weighted by molar-refractivity contribution is 9.10. The maximum atomic E-state index is 13.5. The zero-order chi connectivity index (χ0) is 14.3. The van der Waals surface area contributed by atoms with Crippen molar-refractivity contribution >= 4 is 39.5 Å². The predicted octanol–water partition coefficient (Wildman–Crippen LogP) is 1.65. The van der Waals surface area contributed by atoms with E-state index in [1.54, 1.807) is 5.32 Å². The molecule has 1 unspecified atom stereocenters. The molecule has 1 aromatic carbocycles. The molecule has 0 bridgehead atoms. The van der Waals surface area contributed by atoms with Crippen molar-refractivity contribution in [3.8, 4) is 0 Å². The van der Waals surface area contributed by atoms with E-state index in [9.17, 15) is 27.6 Å². The number of amides is 4. The van der Waals surface area contributed by atoms with Crippen molar-refractivity contribution in [2.24, 2.45) is 0 Å². The van der Waals surface area contributed by atoms with Crippen LogP contribution in [0.1, 0.15) is 0 Å². The molecule has 5 nitrogen and oxygen atoms in total. The number of halogens is 4. The Kier molecular flexibility index (Phi) is 3.31. The number of benzene rings is 1. The molecule has 0 saturated carbocycles. The molecule has 0 spiro atoms. The fraction of sp³-hybridized carbons (Fsp3) is 0.100. The SMILES string of the molecule is O=C1NC(=O)N(c2cc(Br)c(F)cc2F)C(=O)C1F. The van der Waals surface area contributed by atoms with Crippen LogP contribution in [-0.4, -0.2) is 24.0 Å². The molecule has 1 N–H and O–H groups in total. The van der Waals surface area contributed by atoms with Gasteiger partial charge in [-0.1, -0.05) is 0 Å². The topological polar surface area (TPSA) is 66.5 Å². The molecule has 1 atom stereocenters. The van der Waals surface area contributed by atoms with Crippen LogP contribution in [0.5, 0.6) is 0 Å². The number of carbonyl (C=O) groups excluding carboxylic acids is 3. The number of barbiturate groups is 1. The van der Waals surface area contributed by atoms with Gasteiger partial charge in [-0.3, -0.25) is 14.9 Å². The van der Waals surface area contributed by atoms with E-state index in [2.05, 4.69) is 15.9 Å². The Morgan fingerprint density at radius 2 is 1.79 bits per heavy atom. The molecule has 9 heteroatoms. The fourth-order valence-corrected chi connectivity index (χ4v) is 1.79. The van der Waals surface area contributed by atoms with E-state index in [1.807, 2.05) is 0 Å². The Balaban J connectivity index is 2.52. The van der Waals surface area contributed by atoms with Gasteiger partial charge in [0.2, 0.25) is 0 Å². The normalized spacial score (nSPS) is 19.7. The summed E-state index contributed by atoms with van der Waals surface area (Å²) in [6.45, 7) is 0. The largest absolute Gasteiger partial charge is 0.335 e. The lowest BCUT2D eigenvalue weighted by atomic mass is 10.2. The highest BCUT2D eigenvalue weighted by Crippen LogP contribution is 2.28. The maximum Gasteiger partial charge on any atom is 0.335 e. The summed E-state index contributed by atoms with van der Waals surface area (Å²) in [4.78, 5) is 33.9.